The van der Waals surface area contributed by atoms with E-state index >= 15 is 0 Å². The molecule has 1 aromatic carbocycles. The number of benzene rings is 1. The molecule has 2 fully saturated rings. The molecule has 2 saturated heterocycles. The van der Waals surface area contributed by atoms with Gasteiger partial charge in [0.1, 0.15) is 0 Å². The smallest absolute Gasteiger partial charge is 0.323 e. The van der Waals surface area contributed by atoms with Gasteiger partial charge in [0.25, 0.3) is 0 Å². The fourth-order valence-electron chi connectivity index (χ4n) is 3.82. The summed E-state index contributed by atoms with van der Waals surface area (Å²) in [5, 5.41) is 3.55. The minimum atomic E-state index is -0.113. The summed E-state index contributed by atoms with van der Waals surface area (Å²) >= 11 is 1.49. The predicted molar refractivity (Wildman–Crippen MR) is 112 cm³/mol. The molecule has 3 heterocycles. The zero-order valence-corrected chi connectivity index (χ0v) is 16.9. The number of urea groups is 1. The summed E-state index contributed by atoms with van der Waals surface area (Å²) in [5.41, 5.74) is 0.902. The molecule has 1 aromatic heterocycles. The van der Waals surface area contributed by atoms with Crippen LogP contribution >= 0.6 is 11.3 Å². The molecule has 4 rings (SSSR count). The molecule has 150 valence electrons. The molecule has 0 radical (unpaired) electrons. The number of aromatic nitrogens is 1. The van der Waals surface area contributed by atoms with Crippen molar-refractivity contribution in [3.8, 4) is 0 Å². The molecule has 0 spiro atoms. The Kier molecular flexibility index (Phi) is 6.07. The number of hydrogen-bond donors (Lipinski definition) is 1. The molecule has 7 nitrogen and oxygen atoms in total. The Morgan fingerprint density at radius 3 is 2.36 bits per heavy atom. The van der Waals surface area contributed by atoms with Crippen molar-refractivity contribution in [2.45, 2.75) is 25.7 Å². The number of nitrogens with zero attached hydrogens (tertiary/aromatic N) is 4. The van der Waals surface area contributed by atoms with Crippen molar-refractivity contribution in [1.29, 1.82) is 0 Å². The van der Waals surface area contributed by atoms with Crippen LogP contribution in [-0.4, -0.2) is 77.4 Å². The largest absolute Gasteiger partial charge is 0.342 e. The van der Waals surface area contributed by atoms with Crippen molar-refractivity contribution >= 4 is 38.6 Å². The number of hydrogen-bond acceptors (Lipinski definition) is 5. The lowest BCUT2D eigenvalue weighted by atomic mass is 10.2. The van der Waals surface area contributed by atoms with Crippen LogP contribution in [0.2, 0.25) is 0 Å². The molecule has 1 N–H and O–H groups in total. The molecule has 2 aliphatic heterocycles. The summed E-state index contributed by atoms with van der Waals surface area (Å²) in [5.74, 6) is 0.231. The molecule has 2 aliphatic rings. The van der Waals surface area contributed by atoms with E-state index in [9.17, 15) is 9.59 Å². The number of para-hydroxylation sites is 1. The van der Waals surface area contributed by atoms with Crippen molar-refractivity contribution in [3.63, 3.8) is 0 Å². The Morgan fingerprint density at radius 2 is 1.64 bits per heavy atom. The third kappa shape index (κ3) is 4.62. The number of anilines is 1. The van der Waals surface area contributed by atoms with Gasteiger partial charge in [-0.3, -0.25) is 15.0 Å². The molecule has 28 heavy (non-hydrogen) atoms. The Morgan fingerprint density at radius 1 is 0.929 bits per heavy atom. The number of nitrogens with one attached hydrogen (secondary N) is 1. The van der Waals surface area contributed by atoms with Gasteiger partial charge < -0.3 is 9.80 Å². The number of thiazole rings is 1. The Bertz CT molecular complexity index is 790. The summed E-state index contributed by atoms with van der Waals surface area (Å²) in [4.78, 5) is 35.5. The SMILES string of the molecule is O=C(CN1CCN(C(=O)Nc2nc3ccccc3s2)CC1)N1CCCCCC1. The molecular formula is C20H27N5O2S. The third-order valence-corrected chi connectivity index (χ3v) is 6.44. The topological polar surface area (TPSA) is 68.8 Å². The van der Waals surface area contributed by atoms with Crippen LogP contribution < -0.4 is 5.32 Å². The maximum absolute atomic E-state index is 12.5. The fraction of sp³-hybridized carbons (Fsp3) is 0.550. The van der Waals surface area contributed by atoms with Crippen LogP contribution in [0.15, 0.2) is 24.3 Å². The van der Waals surface area contributed by atoms with Gasteiger partial charge in [-0.05, 0) is 25.0 Å². The van der Waals surface area contributed by atoms with Gasteiger partial charge in [-0.2, -0.15) is 0 Å². The van der Waals surface area contributed by atoms with E-state index in [2.05, 4.69) is 15.2 Å². The molecule has 2 aromatic rings. The standard InChI is InChI=1S/C20H27N5O2S/c26-18(24-9-5-1-2-6-10-24)15-23-11-13-25(14-12-23)20(27)22-19-21-16-7-3-4-8-17(16)28-19/h3-4,7-8H,1-2,5-6,9-15H2,(H,21,22,27). The second-order valence-electron chi connectivity index (χ2n) is 7.48. The van der Waals surface area contributed by atoms with Gasteiger partial charge in [-0.1, -0.05) is 36.3 Å². The quantitative estimate of drug-likeness (QED) is 0.859. The van der Waals surface area contributed by atoms with Crippen LogP contribution in [0, 0.1) is 0 Å². The summed E-state index contributed by atoms with van der Waals surface area (Å²) in [7, 11) is 0. The van der Waals surface area contributed by atoms with Gasteiger partial charge in [0.05, 0.1) is 16.8 Å². The molecule has 8 heteroatoms. The summed E-state index contributed by atoms with van der Waals surface area (Å²) in [6.45, 7) is 4.97. The normalized spacial score (nSPS) is 18.9. The minimum Gasteiger partial charge on any atom is -0.342 e. The first-order valence-corrected chi connectivity index (χ1v) is 10.9. The van der Waals surface area contributed by atoms with Crippen molar-refractivity contribution < 1.29 is 9.59 Å². The number of likely N-dealkylation sites (tertiary alicyclic amines) is 1. The average Bonchev–Trinajstić information content (AvgIpc) is 2.92. The zero-order chi connectivity index (χ0) is 19.3. The Labute approximate surface area is 169 Å². The highest BCUT2D eigenvalue weighted by Gasteiger charge is 2.25. The number of amides is 3. The van der Waals surface area contributed by atoms with Crippen LogP contribution in [0.1, 0.15) is 25.7 Å². The zero-order valence-electron chi connectivity index (χ0n) is 16.1. The first-order chi connectivity index (χ1) is 13.7. The van der Waals surface area contributed by atoms with E-state index in [1.807, 2.05) is 29.2 Å². The van der Waals surface area contributed by atoms with Gasteiger partial charge >= 0.3 is 6.03 Å². The number of carbonyl (C=O) groups excluding carboxylic acids is 2. The fourth-order valence-corrected chi connectivity index (χ4v) is 4.67. The van der Waals surface area contributed by atoms with Crippen LogP contribution in [0.25, 0.3) is 10.2 Å². The summed E-state index contributed by atoms with van der Waals surface area (Å²) in [6, 6.07) is 7.75. The van der Waals surface area contributed by atoms with Crippen LogP contribution in [0.5, 0.6) is 0 Å². The van der Waals surface area contributed by atoms with E-state index in [0.29, 0.717) is 24.8 Å². The predicted octanol–water partition coefficient (Wildman–Crippen LogP) is 2.85. The van der Waals surface area contributed by atoms with E-state index in [1.54, 1.807) is 4.90 Å². The monoisotopic (exact) mass is 401 g/mol. The summed E-state index contributed by atoms with van der Waals surface area (Å²) in [6.07, 6.45) is 4.69. The second kappa shape index (κ2) is 8.87. The van der Waals surface area contributed by atoms with Crippen molar-refractivity contribution in [2.75, 3.05) is 51.1 Å². The number of piperazine rings is 1. The van der Waals surface area contributed by atoms with Gasteiger partial charge in [-0.25, -0.2) is 9.78 Å². The number of rotatable bonds is 3. The third-order valence-electron chi connectivity index (χ3n) is 5.48. The molecule has 0 atom stereocenters. The van der Waals surface area contributed by atoms with Gasteiger partial charge in [-0.15, -0.1) is 0 Å². The highest BCUT2D eigenvalue weighted by molar-refractivity contribution is 7.22. The second-order valence-corrected chi connectivity index (χ2v) is 8.51. The van der Waals surface area contributed by atoms with Gasteiger partial charge in [0.2, 0.25) is 5.91 Å². The molecule has 0 aliphatic carbocycles. The number of carbonyl (C=O) groups is 2. The lowest BCUT2D eigenvalue weighted by Crippen LogP contribution is -2.52. The number of fused-ring (bicyclic) bond motifs is 1. The van der Waals surface area contributed by atoms with Crippen molar-refractivity contribution in [2.24, 2.45) is 0 Å². The van der Waals surface area contributed by atoms with E-state index < -0.39 is 0 Å². The van der Waals surface area contributed by atoms with E-state index in [-0.39, 0.29) is 11.9 Å². The molecule has 0 bridgehead atoms. The molecule has 3 amide bonds. The van der Waals surface area contributed by atoms with Gasteiger partial charge in [0.15, 0.2) is 5.13 Å². The molecule has 0 saturated carbocycles. The van der Waals surface area contributed by atoms with E-state index in [1.165, 1.54) is 24.2 Å². The lowest BCUT2D eigenvalue weighted by molar-refractivity contribution is -0.132. The summed E-state index contributed by atoms with van der Waals surface area (Å²) < 4.78 is 1.06. The van der Waals surface area contributed by atoms with Crippen molar-refractivity contribution in [1.82, 2.24) is 19.7 Å². The van der Waals surface area contributed by atoms with Crippen LogP contribution in [0.3, 0.4) is 0 Å². The average molecular weight is 402 g/mol. The highest BCUT2D eigenvalue weighted by atomic mass is 32.1. The van der Waals surface area contributed by atoms with Crippen molar-refractivity contribution in [3.05, 3.63) is 24.3 Å². The minimum absolute atomic E-state index is 0.113. The first kappa shape index (κ1) is 19.1. The maximum Gasteiger partial charge on any atom is 0.323 e. The lowest BCUT2D eigenvalue weighted by Gasteiger charge is -2.35. The molecule has 0 unspecified atom stereocenters. The first-order valence-electron chi connectivity index (χ1n) is 10.1. The molecular weight excluding hydrogens is 374 g/mol. The Balaban J connectivity index is 1.25. The Hall–Kier alpha value is -2.19. The van der Waals surface area contributed by atoms with Crippen LogP contribution in [-0.2, 0) is 4.79 Å². The van der Waals surface area contributed by atoms with Gasteiger partial charge in [0, 0.05) is 39.3 Å². The van der Waals surface area contributed by atoms with Crippen LogP contribution in [0.4, 0.5) is 9.93 Å². The van der Waals surface area contributed by atoms with E-state index in [4.69, 9.17) is 0 Å². The maximum atomic E-state index is 12.5. The highest BCUT2D eigenvalue weighted by Crippen LogP contribution is 2.25. The van der Waals surface area contributed by atoms with E-state index in [0.717, 1.165) is 49.2 Å².